The average Bonchev–Trinajstić information content (AvgIpc) is 2.87. The second-order valence-corrected chi connectivity index (χ2v) is 5.15. The maximum Gasteiger partial charge on any atom is 0.138 e. The Bertz CT molecular complexity index is 361. The molecule has 2 aliphatic heterocycles. The molecule has 1 unspecified atom stereocenters. The van der Waals surface area contributed by atoms with Crippen molar-refractivity contribution in [1.29, 1.82) is 0 Å². The molecule has 2 nitrogen and oxygen atoms in total. The summed E-state index contributed by atoms with van der Waals surface area (Å²) < 4.78 is 5.47. The van der Waals surface area contributed by atoms with Gasteiger partial charge in [-0.2, -0.15) is 0 Å². The van der Waals surface area contributed by atoms with E-state index in [0.717, 1.165) is 18.1 Å². The van der Waals surface area contributed by atoms with Gasteiger partial charge in [-0.1, -0.05) is 17.8 Å². The number of nitrogens with one attached hydrogen (secondary N) is 1. The topological polar surface area (TPSA) is 21.3 Å². The highest BCUT2D eigenvalue weighted by Crippen LogP contribution is 2.36. The van der Waals surface area contributed by atoms with E-state index in [1.54, 1.807) is 11.8 Å². The molecule has 2 aliphatic rings. The van der Waals surface area contributed by atoms with Crippen LogP contribution in [0.1, 0.15) is 18.4 Å². The molecular formula is C12H15NOS. The van der Waals surface area contributed by atoms with Crippen LogP contribution in [-0.2, 0) is 6.42 Å². The van der Waals surface area contributed by atoms with Gasteiger partial charge in [-0.15, -0.1) is 0 Å². The second-order valence-electron chi connectivity index (χ2n) is 4.19. The van der Waals surface area contributed by atoms with Crippen molar-refractivity contribution in [3.8, 4) is 5.75 Å². The molecule has 0 aromatic heterocycles. The molecule has 80 valence electrons. The van der Waals surface area contributed by atoms with Crippen LogP contribution in [0.2, 0.25) is 0 Å². The lowest BCUT2D eigenvalue weighted by Gasteiger charge is -2.10. The van der Waals surface area contributed by atoms with Gasteiger partial charge in [0.15, 0.2) is 0 Å². The first-order valence-corrected chi connectivity index (χ1v) is 6.52. The highest BCUT2D eigenvalue weighted by atomic mass is 32.2. The Morgan fingerprint density at radius 2 is 2.47 bits per heavy atom. The molecule has 0 bridgehead atoms. The average molecular weight is 221 g/mol. The number of fused-ring (bicyclic) bond motifs is 1. The monoisotopic (exact) mass is 221 g/mol. The fraction of sp³-hybridized carbons (Fsp3) is 0.500. The van der Waals surface area contributed by atoms with E-state index in [9.17, 15) is 0 Å². The first kappa shape index (κ1) is 9.55. The van der Waals surface area contributed by atoms with E-state index < -0.39 is 0 Å². The summed E-state index contributed by atoms with van der Waals surface area (Å²) in [5.41, 5.74) is 1.44. The summed E-state index contributed by atoms with van der Waals surface area (Å²) in [5, 5.41) is 3.53. The van der Waals surface area contributed by atoms with Gasteiger partial charge in [-0.3, -0.25) is 0 Å². The smallest absolute Gasteiger partial charge is 0.138 e. The normalized spacial score (nSPS) is 23.9. The Kier molecular flexibility index (Phi) is 2.59. The zero-order chi connectivity index (χ0) is 10.1. The Morgan fingerprint density at radius 3 is 3.33 bits per heavy atom. The number of ether oxygens (including phenoxy) is 1. The van der Waals surface area contributed by atoms with Gasteiger partial charge in [0.2, 0.25) is 0 Å². The molecule has 1 fully saturated rings. The second kappa shape index (κ2) is 4.06. The quantitative estimate of drug-likeness (QED) is 0.828. The van der Waals surface area contributed by atoms with Crippen LogP contribution >= 0.6 is 11.8 Å². The van der Waals surface area contributed by atoms with Gasteiger partial charge in [-0.05, 0) is 43.5 Å². The van der Waals surface area contributed by atoms with E-state index in [1.165, 1.54) is 29.8 Å². The fourth-order valence-electron chi connectivity index (χ4n) is 2.28. The maximum absolute atomic E-state index is 5.47. The van der Waals surface area contributed by atoms with Crippen molar-refractivity contribution in [1.82, 2.24) is 5.32 Å². The SMILES string of the molecule is c1cc2c(cc1CC1CCCN1)SCO2. The molecule has 15 heavy (non-hydrogen) atoms. The summed E-state index contributed by atoms with van der Waals surface area (Å²) in [6, 6.07) is 7.28. The van der Waals surface area contributed by atoms with Crippen molar-refractivity contribution in [2.75, 3.05) is 12.5 Å². The van der Waals surface area contributed by atoms with Crippen LogP contribution in [0.4, 0.5) is 0 Å². The molecule has 0 saturated carbocycles. The Hall–Kier alpha value is -0.670. The summed E-state index contributed by atoms with van der Waals surface area (Å²) in [5.74, 6) is 1.84. The van der Waals surface area contributed by atoms with Gasteiger partial charge in [0.1, 0.15) is 11.7 Å². The number of thioether (sulfide) groups is 1. The molecule has 1 N–H and O–H groups in total. The molecule has 0 radical (unpaired) electrons. The van der Waals surface area contributed by atoms with Gasteiger partial charge < -0.3 is 10.1 Å². The minimum atomic E-state index is 0.690. The predicted molar refractivity (Wildman–Crippen MR) is 62.5 cm³/mol. The first-order valence-electron chi connectivity index (χ1n) is 5.54. The summed E-state index contributed by atoms with van der Waals surface area (Å²) >= 11 is 1.80. The lowest BCUT2D eigenvalue weighted by Crippen LogP contribution is -2.23. The van der Waals surface area contributed by atoms with Gasteiger partial charge in [0.05, 0.1) is 4.90 Å². The van der Waals surface area contributed by atoms with Crippen LogP contribution in [0, 0.1) is 0 Å². The number of hydrogen-bond acceptors (Lipinski definition) is 3. The molecule has 0 amide bonds. The minimum absolute atomic E-state index is 0.690. The molecule has 1 aromatic rings. The molecule has 0 spiro atoms. The van der Waals surface area contributed by atoms with Crippen molar-refractivity contribution in [3.05, 3.63) is 23.8 Å². The van der Waals surface area contributed by atoms with E-state index in [2.05, 4.69) is 23.5 Å². The molecule has 3 rings (SSSR count). The Labute approximate surface area is 94.4 Å². The van der Waals surface area contributed by atoms with E-state index in [-0.39, 0.29) is 0 Å². The molecule has 2 heterocycles. The van der Waals surface area contributed by atoms with Crippen LogP contribution in [0.15, 0.2) is 23.1 Å². The molecule has 1 aromatic carbocycles. The molecular weight excluding hydrogens is 206 g/mol. The van der Waals surface area contributed by atoms with Gasteiger partial charge in [-0.25, -0.2) is 0 Å². The van der Waals surface area contributed by atoms with Gasteiger partial charge >= 0.3 is 0 Å². The summed E-state index contributed by atoms with van der Waals surface area (Å²) in [4.78, 5) is 1.31. The Balaban J connectivity index is 1.75. The number of hydrogen-bond donors (Lipinski definition) is 1. The van der Waals surface area contributed by atoms with E-state index in [1.807, 2.05) is 0 Å². The summed E-state index contributed by atoms with van der Waals surface area (Å²) in [6.07, 6.45) is 3.81. The standard InChI is InChI=1S/C12H15NOS/c1-2-10(13-5-1)6-9-3-4-11-12(7-9)15-8-14-11/h3-4,7,10,13H,1-2,5-6,8H2. The zero-order valence-electron chi connectivity index (χ0n) is 8.66. The van der Waals surface area contributed by atoms with Crippen LogP contribution in [0.3, 0.4) is 0 Å². The van der Waals surface area contributed by atoms with Crippen LogP contribution in [0.5, 0.6) is 5.75 Å². The molecule has 1 saturated heterocycles. The zero-order valence-corrected chi connectivity index (χ0v) is 9.48. The fourth-order valence-corrected chi connectivity index (χ4v) is 3.10. The highest BCUT2D eigenvalue weighted by Gasteiger charge is 2.17. The van der Waals surface area contributed by atoms with Crippen molar-refractivity contribution in [2.45, 2.75) is 30.2 Å². The van der Waals surface area contributed by atoms with Crippen LogP contribution in [0.25, 0.3) is 0 Å². The van der Waals surface area contributed by atoms with Crippen LogP contribution < -0.4 is 10.1 Å². The van der Waals surface area contributed by atoms with Crippen molar-refractivity contribution in [3.63, 3.8) is 0 Å². The van der Waals surface area contributed by atoms with Crippen molar-refractivity contribution >= 4 is 11.8 Å². The molecule has 1 atom stereocenters. The lowest BCUT2D eigenvalue weighted by molar-refractivity contribution is 0.397. The van der Waals surface area contributed by atoms with E-state index >= 15 is 0 Å². The minimum Gasteiger partial charge on any atom is -0.481 e. The van der Waals surface area contributed by atoms with E-state index in [4.69, 9.17) is 4.74 Å². The maximum atomic E-state index is 5.47. The Morgan fingerprint density at radius 1 is 1.47 bits per heavy atom. The predicted octanol–water partition coefficient (Wildman–Crippen LogP) is 2.42. The highest BCUT2D eigenvalue weighted by molar-refractivity contribution is 7.99. The first-order chi connectivity index (χ1) is 7.42. The third-order valence-electron chi connectivity index (χ3n) is 3.08. The van der Waals surface area contributed by atoms with Crippen LogP contribution in [-0.4, -0.2) is 18.5 Å². The number of rotatable bonds is 2. The molecule has 3 heteroatoms. The summed E-state index contributed by atoms with van der Waals surface area (Å²) in [6.45, 7) is 1.19. The number of benzene rings is 1. The third kappa shape index (κ3) is 1.99. The van der Waals surface area contributed by atoms with Crippen molar-refractivity contribution in [2.24, 2.45) is 0 Å². The van der Waals surface area contributed by atoms with Crippen molar-refractivity contribution < 1.29 is 4.74 Å². The van der Waals surface area contributed by atoms with E-state index in [0.29, 0.717) is 6.04 Å². The summed E-state index contributed by atoms with van der Waals surface area (Å²) in [7, 11) is 0. The third-order valence-corrected chi connectivity index (χ3v) is 3.95. The van der Waals surface area contributed by atoms with Gasteiger partial charge in [0.25, 0.3) is 0 Å². The molecule has 0 aliphatic carbocycles. The van der Waals surface area contributed by atoms with Gasteiger partial charge in [0, 0.05) is 6.04 Å². The lowest BCUT2D eigenvalue weighted by atomic mass is 10.0. The largest absolute Gasteiger partial charge is 0.481 e.